The number of nitrogens with one attached hydrogen (secondary N) is 1. The van der Waals surface area contributed by atoms with Crippen molar-refractivity contribution in [3.63, 3.8) is 0 Å². The number of carboxylic acid groups (broad SMARTS) is 1. The molecule has 0 aromatic heterocycles. The molecule has 9 heteroatoms. The van der Waals surface area contributed by atoms with Crippen LogP contribution in [0.3, 0.4) is 0 Å². The molecular weight excluding hydrogens is 477 g/mol. The predicted molar refractivity (Wildman–Crippen MR) is 138 cm³/mol. The maximum absolute atomic E-state index is 14.1. The van der Waals surface area contributed by atoms with E-state index in [0.29, 0.717) is 44.9 Å². The van der Waals surface area contributed by atoms with Crippen LogP contribution in [-0.2, 0) is 31.7 Å². The molecule has 2 aliphatic rings. The summed E-state index contributed by atoms with van der Waals surface area (Å²) in [6.45, 7) is 1.45. The highest BCUT2D eigenvalue weighted by Crippen LogP contribution is 2.46. The summed E-state index contributed by atoms with van der Waals surface area (Å²) in [5.74, 6) is -1.33. The zero-order valence-corrected chi connectivity index (χ0v) is 21.5. The highest BCUT2D eigenvalue weighted by molar-refractivity contribution is 7.56. The van der Waals surface area contributed by atoms with E-state index in [-0.39, 0.29) is 12.5 Å². The van der Waals surface area contributed by atoms with Crippen LogP contribution in [0.4, 0.5) is 0 Å². The number of fused-ring (bicyclic) bond motifs is 1. The van der Waals surface area contributed by atoms with Gasteiger partial charge in [0.15, 0.2) is 0 Å². The van der Waals surface area contributed by atoms with Crippen molar-refractivity contribution in [2.75, 3.05) is 19.3 Å². The molecule has 2 aliphatic heterocycles. The molecule has 2 saturated heterocycles. The fraction of sp³-hybridized carbons (Fsp3) is 0.481. The van der Waals surface area contributed by atoms with Crippen LogP contribution in [-0.4, -0.2) is 58.3 Å². The molecule has 2 aromatic rings. The number of benzene rings is 2. The Bertz CT molecular complexity index is 1050. The van der Waals surface area contributed by atoms with Crippen LogP contribution in [0.2, 0.25) is 0 Å². The topological polar surface area (TPSA) is 99.2 Å². The molecule has 4 rings (SSSR count). The van der Waals surface area contributed by atoms with Crippen LogP contribution in [0.15, 0.2) is 60.7 Å². The van der Waals surface area contributed by atoms with E-state index in [1.165, 1.54) is 10.6 Å². The van der Waals surface area contributed by atoms with Gasteiger partial charge in [0.25, 0.3) is 13.4 Å². The van der Waals surface area contributed by atoms with E-state index in [9.17, 15) is 19.3 Å². The molecule has 0 saturated carbocycles. The number of amides is 1. The third kappa shape index (κ3) is 7.04. The zero-order chi connectivity index (χ0) is 25.4. The Morgan fingerprint density at radius 2 is 1.61 bits per heavy atom. The number of carbonyl (C=O) groups excluding carboxylic acids is 1. The lowest BCUT2D eigenvalue weighted by Crippen LogP contribution is -2.60. The van der Waals surface area contributed by atoms with Gasteiger partial charge in [0, 0.05) is 19.3 Å². The van der Waals surface area contributed by atoms with Gasteiger partial charge in [0.1, 0.15) is 6.04 Å². The van der Waals surface area contributed by atoms with E-state index >= 15 is 0 Å². The lowest BCUT2D eigenvalue weighted by molar-refractivity contribution is -0.174. The van der Waals surface area contributed by atoms with Crippen molar-refractivity contribution in [3.8, 4) is 0 Å². The van der Waals surface area contributed by atoms with E-state index in [2.05, 4.69) is 17.2 Å². The van der Waals surface area contributed by atoms with Gasteiger partial charge < -0.3 is 9.63 Å². The Labute approximate surface area is 213 Å². The second-order valence-corrected chi connectivity index (χ2v) is 11.9. The number of carbonyl (C=O) groups is 2. The van der Waals surface area contributed by atoms with E-state index in [1.807, 2.05) is 53.5 Å². The van der Waals surface area contributed by atoms with Gasteiger partial charge in [-0.25, -0.2) is 14.9 Å². The lowest BCUT2D eigenvalue weighted by Gasteiger charge is -2.42. The molecule has 2 fully saturated rings. The van der Waals surface area contributed by atoms with Gasteiger partial charge in [-0.15, -0.1) is 0 Å². The first-order valence-corrected chi connectivity index (χ1v) is 14.7. The Hall–Kier alpha value is -2.51. The maximum Gasteiger partial charge on any atom is 0.328 e. The first-order valence-electron chi connectivity index (χ1n) is 12.9. The first kappa shape index (κ1) is 26.6. The number of aliphatic carboxylic acids is 1. The summed E-state index contributed by atoms with van der Waals surface area (Å²) >= 11 is 0. The number of rotatable bonds is 11. The molecule has 2 aromatic carbocycles. The number of carboxylic acids is 1. The molecule has 0 aliphatic carbocycles. The van der Waals surface area contributed by atoms with Crippen LogP contribution in [0.1, 0.15) is 49.7 Å². The number of hydrogen-bond acceptors (Lipinski definition) is 5. The second-order valence-electron chi connectivity index (χ2n) is 9.56. The third-order valence-corrected chi connectivity index (χ3v) is 9.01. The molecule has 0 bridgehead atoms. The largest absolute Gasteiger partial charge is 0.480 e. The summed E-state index contributed by atoms with van der Waals surface area (Å²) in [6.07, 6.45) is 5.07. The summed E-state index contributed by atoms with van der Waals surface area (Å²) in [5, 5.41) is 16.1. The van der Waals surface area contributed by atoms with Gasteiger partial charge in [-0.05, 0) is 56.1 Å². The SMILES string of the molecule is O=C(O)[C@@H]1CCCN2CCC[C@H](NP(=O)(CCCCc3ccccc3)OCc3ccccc3)C(=O)N12. The van der Waals surface area contributed by atoms with Gasteiger partial charge in [-0.1, -0.05) is 60.7 Å². The lowest BCUT2D eigenvalue weighted by atomic mass is 10.1. The Kier molecular flexibility index (Phi) is 9.32. The molecule has 36 heavy (non-hydrogen) atoms. The summed E-state index contributed by atoms with van der Waals surface area (Å²) in [7, 11) is -3.39. The first-order chi connectivity index (χ1) is 17.5. The average molecular weight is 514 g/mol. The van der Waals surface area contributed by atoms with Gasteiger partial charge in [0.05, 0.1) is 12.6 Å². The summed E-state index contributed by atoms with van der Waals surface area (Å²) < 4.78 is 20.1. The fourth-order valence-electron chi connectivity index (χ4n) is 4.97. The minimum atomic E-state index is -3.39. The molecule has 1 amide bonds. The Morgan fingerprint density at radius 1 is 0.972 bits per heavy atom. The van der Waals surface area contributed by atoms with Crippen molar-refractivity contribution in [3.05, 3.63) is 71.8 Å². The average Bonchev–Trinajstić information content (AvgIpc) is 3.05. The van der Waals surface area contributed by atoms with Gasteiger partial charge in [0.2, 0.25) is 0 Å². The smallest absolute Gasteiger partial charge is 0.328 e. The van der Waals surface area contributed by atoms with Crippen LogP contribution >= 0.6 is 7.52 Å². The summed E-state index contributed by atoms with van der Waals surface area (Å²) in [5.41, 5.74) is 2.14. The molecule has 3 atom stereocenters. The van der Waals surface area contributed by atoms with Crippen molar-refractivity contribution in [2.24, 2.45) is 0 Å². The molecule has 194 valence electrons. The van der Waals surface area contributed by atoms with E-state index in [0.717, 1.165) is 24.8 Å². The fourth-order valence-corrected chi connectivity index (χ4v) is 7.01. The van der Waals surface area contributed by atoms with Crippen molar-refractivity contribution >= 4 is 19.4 Å². The Balaban J connectivity index is 1.46. The Morgan fingerprint density at radius 3 is 2.28 bits per heavy atom. The molecule has 8 nitrogen and oxygen atoms in total. The zero-order valence-electron chi connectivity index (χ0n) is 20.6. The molecule has 0 spiro atoms. The second kappa shape index (κ2) is 12.6. The van der Waals surface area contributed by atoms with Crippen molar-refractivity contribution < 1.29 is 23.8 Å². The van der Waals surface area contributed by atoms with E-state index in [1.54, 1.807) is 0 Å². The minimum absolute atomic E-state index is 0.179. The quantitative estimate of drug-likeness (QED) is 0.338. The number of unbranched alkanes of at least 4 members (excludes halogenated alkanes) is 1. The number of nitrogens with zero attached hydrogens (tertiary/aromatic N) is 2. The third-order valence-electron chi connectivity index (χ3n) is 6.86. The summed E-state index contributed by atoms with van der Waals surface area (Å²) in [6, 6.07) is 18.1. The van der Waals surface area contributed by atoms with Crippen molar-refractivity contribution in [1.82, 2.24) is 15.1 Å². The molecule has 1 unspecified atom stereocenters. The highest BCUT2D eigenvalue weighted by atomic mass is 31.2. The predicted octanol–water partition coefficient (Wildman–Crippen LogP) is 4.46. The molecule has 0 radical (unpaired) electrons. The standard InChI is InChI=1S/C27H36N3O5P/c31-26-24(16-9-18-29-19-10-17-25(27(32)33)30(26)29)28-36(34,35-21-23-14-5-2-6-15-23)20-8-7-13-22-11-3-1-4-12-22/h1-6,11-12,14-15,24-25H,7-10,13,16-21H2,(H,28,34)(H,32,33)/t24-,25-,36?/m0/s1. The van der Waals surface area contributed by atoms with Crippen LogP contribution in [0.25, 0.3) is 0 Å². The van der Waals surface area contributed by atoms with E-state index in [4.69, 9.17) is 4.52 Å². The highest BCUT2D eigenvalue weighted by Gasteiger charge is 2.43. The van der Waals surface area contributed by atoms with Crippen molar-refractivity contribution in [1.29, 1.82) is 0 Å². The molecular formula is C27H36N3O5P. The molecule has 2 N–H and O–H groups in total. The number of hydrogen-bond donors (Lipinski definition) is 2. The number of aryl methyl sites for hydroxylation is 1. The van der Waals surface area contributed by atoms with Crippen LogP contribution in [0, 0.1) is 0 Å². The van der Waals surface area contributed by atoms with Gasteiger partial charge in [-0.3, -0.25) is 14.4 Å². The monoisotopic (exact) mass is 513 g/mol. The minimum Gasteiger partial charge on any atom is -0.480 e. The normalized spacial score (nSPS) is 22.4. The molecule has 2 heterocycles. The summed E-state index contributed by atoms with van der Waals surface area (Å²) in [4.78, 5) is 25.4. The van der Waals surface area contributed by atoms with Gasteiger partial charge in [-0.2, -0.15) is 0 Å². The maximum atomic E-state index is 14.1. The van der Waals surface area contributed by atoms with E-state index < -0.39 is 25.6 Å². The van der Waals surface area contributed by atoms with Crippen molar-refractivity contribution in [2.45, 2.75) is 63.6 Å². The van der Waals surface area contributed by atoms with Crippen LogP contribution in [0.5, 0.6) is 0 Å². The van der Waals surface area contributed by atoms with Crippen LogP contribution < -0.4 is 5.09 Å². The number of hydrazine groups is 1. The van der Waals surface area contributed by atoms with Gasteiger partial charge >= 0.3 is 5.97 Å².